The average molecular weight is 390 g/mol. The minimum Gasteiger partial charge on any atom is -0.497 e. The third-order valence-electron chi connectivity index (χ3n) is 5.85. The number of methoxy groups -OCH3 is 3. The van der Waals surface area contributed by atoms with E-state index in [1.165, 1.54) is 7.11 Å². The van der Waals surface area contributed by atoms with Crippen molar-refractivity contribution in [2.75, 3.05) is 47.5 Å². The van der Waals surface area contributed by atoms with E-state index in [2.05, 4.69) is 4.90 Å². The summed E-state index contributed by atoms with van der Waals surface area (Å²) in [6.07, 6.45) is 3.38. The minimum absolute atomic E-state index is 0.00478. The molecule has 0 spiro atoms. The monoisotopic (exact) mass is 390 g/mol. The smallest absolute Gasteiger partial charge is 0.308 e. The van der Waals surface area contributed by atoms with Crippen molar-refractivity contribution in [1.82, 2.24) is 9.80 Å². The maximum Gasteiger partial charge on any atom is 0.308 e. The Hall–Kier alpha value is -2.28. The van der Waals surface area contributed by atoms with Gasteiger partial charge in [-0.1, -0.05) is 0 Å². The highest BCUT2D eigenvalue weighted by atomic mass is 16.5. The molecule has 0 aromatic heterocycles. The number of hydrogen-bond acceptors (Lipinski definition) is 6. The molecule has 2 aliphatic rings. The number of amides is 1. The summed E-state index contributed by atoms with van der Waals surface area (Å²) in [6, 6.07) is 5.74. The van der Waals surface area contributed by atoms with E-state index >= 15 is 0 Å². The van der Waals surface area contributed by atoms with Crippen molar-refractivity contribution in [2.24, 2.45) is 5.92 Å². The topological polar surface area (TPSA) is 68.3 Å². The van der Waals surface area contributed by atoms with E-state index < -0.39 is 0 Å². The van der Waals surface area contributed by atoms with Crippen molar-refractivity contribution in [3.8, 4) is 11.5 Å². The van der Waals surface area contributed by atoms with Gasteiger partial charge in [0.1, 0.15) is 11.5 Å². The number of nitrogens with zero attached hydrogens (tertiary/aromatic N) is 2. The Morgan fingerprint density at radius 2 is 1.79 bits per heavy atom. The first-order chi connectivity index (χ1) is 13.6. The van der Waals surface area contributed by atoms with Crippen LogP contribution < -0.4 is 9.47 Å². The molecule has 1 amide bonds. The van der Waals surface area contributed by atoms with E-state index in [1.807, 2.05) is 23.1 Å². The van der Waals surface area contributed by atoms with Gasteiger partial charge in [-0.3, -0.25) is 14.5 Å². The van der Waals surface area contributed by atoms with Crippen molar-refractivity contribution in [1.29, 1.82) is 0 Å². The van der Waals surface area contributed by atoms with Gasteiger partial charge in [-0.2, -0.15) is 0 Å². The summed E-state index contributed by atoms with van der Waals surface area (Å²) in [5, 5.41) is 0. The lowest BCUT2D eigenvalue weighted by molar-refractivity contribution is -0.147. The molecule has 1 aromatic carbocycles. The van der Waals surface area contributed by atoms with Crippen molar-refractivity contribution in [2.45, 2.75) is 31.7 Å². The molecule has 0 N–H and O–H groups in total. The van der Waals surface area contributed by atoms with Gasteiger partial charge < -0.3 is 19.1 Å². The molecule has 154 valence electrons. The lowest BCUT2D eigenvalue weighted by atomic mass is 9.97. The van der Waals surface area contributed by atoms with Crippen LogP contribution >= 0.6 is 0 Å². The van der Waals surface area contributed by atoms with Gasteiger partial charge in [0, 0.05) is 12.1 Å². The predicted molar refractivity (Wildman–Crippen MR) is 104 cm³/mol. The summed E-state index contributed by atoms with van der Waals surface area (Å²) in [5.74, 6) is 1.49. The molecule has 0 aliphatic carbocycles. The molecule has 2 saturated heterocycles. The van der Waals surface area contributed by atoms with Crippen molar-refractivity contribution >= 4 is 11.9 Å². The number of esters is 1. The van der Waals surface area contributed by atoms with Crippen LogP contribution in [0.5, 0.6) is 11.5 Å². The first-order valence-corrected chi connectivity index (χ1v) is 9.89. The van der Waals surface area contributed by atoms with Gasteiger partial charge in [0.05, 0.1) is 39.8 Å². The van der Waals surface area contributed by atoms with Crippen LogP contribution in [0.2, 0.25) is 0 Å². The zero-order valence-electron chi connectivity index (χ0n) is 17.0. The van der Waals surface area contributed by atoms with Gasteiger partial charge in [0.2, 0.25) is 5.91 Å². The van der Waals surface area contributed by atoms with E-state index in [-0.39, 0.29) is 23.8 Å². The molecular formula is C21H30N2O5. The average Bonchev–Trinajstić information content (AvgIpc) is 3.23. The van der Waals surface area contributed by atoms with Crippen LogP contribution in [-0.2, 0) is 14.3 Å². The second-order valence-corrected chi connectivity index (χ2v) is 7.43. The van der Waals surface area contributed by atoms with E-state index in [0.29, 0.717) is 6.54 Å². The van der Waals surface area contributed by atoms with Crippen LogP contribution in [0.1, 0.15) is 37.3 Å². The predicted octanol–water partition coefficient (Wildman–Crippen LogP) is 2.25. The summed E-state index contributed by atoms with van der Waals surface area (Å²) in [7, 11) is 4.72. The molecule has 0 radical (unpaired) electrons. The first kappa shape index (κ1) is 20.5. The quantitative estimate of drug-likeness (QED) is 0.694. The zero-order valence-corrected chi connectivity index (χ0v) is 17.0. The SMILES string of the molecule is COC(=O)C1CCN(CC(=O)N2CCC[C@H]2c2cc(OC)ccc2OC)CC1. The molecule has 0 saturated carbocycles. The second kappa shape index (κ2) is 9.28. The summed E-state index contributed by atoms with van der Waals surface area (Å²) >= 11 is 0. The third kappa shape index (κ3) is 4.41. The minimum atomic E-state index is -0.143. The van der Waals surface area contributed by atoms with Gasteiger partial charge >= 0.3 is 5.97 Å². The van der Waals surface area contributed by atoms with Crippen molar-refractivity contribution in [3.05, 3.63) is 23.8 Å². The molecule has 2 fully saturated rings. The number of carbonyl (C=O) groups excluding carboxylic acids is 2. The maximum absolute atomic E-state index is 13.0. The molecule has 7 heteroatoms. The molecule has 1 aromatic rings. The summed E-state index contributed by atoms with van der Waals surface area (Å²) in [4.78, 5) is 28.8. The summed E-state index contributed by atoms with van der Waals surface area (Å²) in [6.45, 7) is 2.62. The molecule has 7 nitrogen and oxygen atoms in total. The largest absolute Gasteiger partial charge is 0.497 e. The highest BCUT2D eigenvalue weighted by Gasteiger charge is 2.34. The lowest BCUT2D eigenvalue weighted by Gasteiger charge is -2.33. The lowest BCUT2D eigenvalue weighted by Crippen LogP contribution is -2.44. The Labute approximate surface area is 166 Å². The highest BCUT2D eigenvalue weighted by molar-refractivity contribution is 5.79. The normalized spacial score (nSPS) is 20.8. The molecule has 1 atom stereocenters. The van der Waals surface area contributed by atoms with Gasteiger partial charge in [-0.15, -0.1) is 0 Å². The van der Waals surface area contributed by atoms with Gasteiger partial charge in [0.25, 0.3) is 0 Å². The Bertz CT molecular complexity index is 700. The Kier molecular flexibility index (Phi) is 6.78. The van der Waals surface area contributed by atoms with E-state index in [0.717, 1.165) is 62.4 Å². The summed E-state index contributed by atoms with van der Waals surface area (Å²) < 4.78 is 15.7. The molecule has 3 rings (SSSR count). The van der Waals surface area contributed by atoms with Gasteiger partial charge in [-0.25, -0.2) is 0 Å². The molecule has 28 heavy (non-hydrogen) atoms. The zero-order chi connectivity index (χ0) is 20.1. The van der Waals surface area contributed by atoms with Crippen LogP contribution in [0.3, 0.4) is 0 Å². The van der Waals surface area contributed by atoms with Crippen LogP contribution in [0, 0.1) is 5.92 Å². The number of benzene rings is 1. The Morgan fingerprint density at radius 1 is 1.04 bits per heavy atom. The maximum atomic E-state index is 13.0. The fraction of sp³-hybridized carbons (Fsp3) is 0.619. The number of piperidine rings is 1. The molecule has 2 aliphatic heterocycles. The van der Waals surface area contributed by atoms with E-state index in [9.17, 15) is 9.59 Å². The second-order valence-electron chi connectivity index (χ2n) is 7.43. The Balaban J connectivity index is 1.65. The van der Waals surface area contributed by atoms with Crippen LogP contribution in [0.15, 0.2) is 18.2 Å². The fourth-order valence-electron chi connectivity index (χ4n) is 4.26. The van der Waals surface area contributed by atoms with Crippen LogP contribution in [0.25, 0.3) is 0 Å². The number of carbonyl (C=O) groups is 2. The fourth-order valence-corrected chi connectivity index (χ4v) is 4.26. The number of rotatable bonds is 6. The number of ether oxygens (including phenoxy) is 3. The highest BCUT2D eigenvalue weighted by Crippen LogP contribution is 2.39. The Morgan fingerprint density at radius 3 is 2.43 bits per heavy atom. The van der Waals surface area contributed by atoms with E-state index in [4.69, 9.17) is 14.2 Å². The van der Waals surface area contributed by atoms with Crippen LogP contribution in [-0.4, -0.2) is 69.2 Å². The van der Waals surface area contributed by atoms with Crippen molar-refractivity contribution in [3.63, 3.8) is 0 Å². The molecule has 0 bridgehead atoms. The molecular weight excluding hydrogens is 360 g/mol. The summed E-state index contributed by atoms with van der Waals surface area (Å²) in [5.41, 5.74) is 0.997. The molecule has 0 unspecified atom stereocenters. The van der Waals surface area contributed by atoms with E-state index in [1.54, 1.807) is 14.2 Å². The standard InChI is InChI=1S/C21H30N2O5/c1-26-16-6-7-19(27-2)17(13-16)18-5-4-10-23(18)20(24)14-22-11-8-15(9-12-22)21(25)28-3/h6-7,13,15,18H,4-5,8-12,14H2,1-3H3/t18-/m0/s1. The van der Waals surface area contributed by atoms with Gasteiger partial charge in [-0.05, 0) is 57.0 Å². The first-order valence-electron chi connectivity index (χ1n) is 9.89. The number of hydrogen-bond donors (Lipinski definition) is 0. The third-order valence-corrected chi connectivity index (χ3v) is 5.85. The van der Waals surface area contributed by atoms with Gasteiger partial charge in [0.15, 0.2) is 0 Å². The molecule has 2 heterocycles. The van der Waals surface area contributed by atoms with Crippen molar-refractivity contribution < 1.29 is 23.8 Å². The van der Waals surface area contributed by atoms with Crippen LogP contribution in [0.4, 0.5) is 0 Å². The number of likely N-dealkylation sites (tertiary alicyclic amines) is 2.